The molecule has 23 heavy (non-hydrogen) atoms. The monoisotopic (exact) mass is 311 g/mol. The van der Waals surface area contributed by atoms with Crippen LogP contribution in [0.5, 0.6) is 5.75 Å². The minimum Gasteiger partial charge on any atom is -0.508 e. The van der Waals surface area contributed by atoms with Crippen molar-refractivity contribution in [3.05, 3.63) is 76.7 Å². The Morgan fingerprint density at radius 1 is 1.09 bits per heavy atom. The Labute approximate surface area is 136 Å². The van der Waals surface area contributed by atoms with Gasteiger partial charge in [0.25, 0.3) is 0 Å². The molecule has 0 bridgehead atoms. The number of carbonyl (C=O) groups excluding carboxylic acids is 1. The number of allylic oxidation sites excluding steroid dienone is 1. The molecule has 0 aliphatic rings. The van der Waals surface area contributed by atoms with Crippen LogP contribution in [-0.4, -0.2) is 11.1 Å². The lowest BCUT2D eigenvalue weighted by molar-refractivity contribution is -0.137. The van der Waals surface area contributed by atoms with Gasteiger partial charge >= 0.3 is 5.97 Å². The molecular weight excluding hydrogens is 290 g/mol. The van der Waals surface area contributed by atoms with Gasteiger partial charge in [0.2, 0.25) is 0 Å². The second kappa shape index (κ2) is 7.49. The van der Waals surface area contributed by atoms with E-state index in [0.717, 1.165) is 16.7 Å². The minimum absolute atomic E-state index is 0.187. The molecule has 0 fully saturated rings. The number of aromatic hydroxyl groups is 1. The Morgan fingerprint density at radius 3 is 2.39 bits per heavy atom. The summed E-state index contributed by atoms with van der Waals surface area (Å²) >= 11 is 0. The molecule has 0 saturated carbocycles. The molecule has 120 valence electrons. The van der Waals surface area contributed by atoms with Crippen LogP contribution in [-0.2, 0) is 22.4 Å². The normalized spacial score (nSPS) is 11.3. The highest BCUT2D eigenvalue weighted by Gasteiger charge is 2.06. The molecule has 0 spiro atoms. The first-order valence-electron chi connectivity index (χ1n) is 7.42. The van der Waals surface area contributed by atoms with Crippen molar-refractivity contribution in [3.8, 4) is 5.75 Å². The number of esters is 1. The number of phenols is 1. The number of aryl methyl sites for hydroxylation is 2. The van der Waals surface area contributed by atoms with Gasteiger partial charge in [-0.1, -0.05) is 42.0 Å². The third-order valence-corrected chi connectivity index (χ3v) is 3.45. The highest BCUT2D eigenvalue weighted by atomic mass is 16.5. The second-order valence-corrected chi connectivity index (χ2v) is 5.65. The zero-order valence-electron chi connectivity index (χ0n) is 13.4. The van der Waals surface area contributed by atoms with Crippen molar-refractivity contribution >= 4 is 5.97 Å². The molecule has 0 atom stereocenters. The van der Waals surface area contributed by atoms with Crippen molar-refractivity contribution in [1.82, 2.24) is 0 Å². The number of carbonyl (C=O) groups is 1. The van der Waals surface area contributed by atoms with E-state index in [1.54, 1.807) is 12.1 Å². The fourth-order valence-electron chi connectivity index (χ4n) is 2.14. The molecule has 0 saturated heterocycles. The summed E-state index contributed by atoms with van der Waals surface area (Å²) in [7, 11) is 0. The van der Waals surface area contributed by atoms with Crippen LogP contribution in [0, 0.1) is 13.8 Å². The lowest BCUT2D eigenvalue weighted by Gasteiger charge is -2.06. The van der Waals surface area contributed by atoms with Gasteiger partial charge in [0.15, 0.2) is 0 Å². The molecule has 2 aromatic carbocycles. The maximum absolute atomic E-state index is 11.8. The smallest absolute Gasteiger partial charge is 0.315 e. The molecule has 2 rings (SSSR count). The number of benzene rings is 2. The van der Waals surface area contributed by atoms with Crippen LogP contribution in [0.3, 0.4) is 0 Å². The van der Waals surface area contributed by atoms with Gasteiger partial charge < -0.3 is 15.6 Å². The topological polar surface area (TPSA) is 72.5 Å². The van der Waals surface area contributed by atoms with Crippen LogP contribution in [0.15, 0.2) is 54.4 Å². The van der Waals surface area contributed by atoms with Gasteiger partial charge in [-0.25, -0.2) is 0 Å². The lowest BCUT2D eigenvalue weighted by atomic mass is 10.1. The molecule has 3 N–H and O–H groups in total. The van der Waals surface area contributed by atoms with E-state index < -0.39 is 0 Å². The molecule has 2 aromatic rings. The number of ether oxygens (including phenoxy) is 1. The Bertz CT molecular complexity index is 718. The van der Waals surface area contributed by atoms with Crippen molar-refractivity contribution in [2.45, 2.75) is 26.7 Å². The molecule has 4 heteroatoms. The van der Waals surface area contributed by atoms with E-state index in [0.29, 0.717) is 17.7 Å². The van der Waals surface area contributed by atoms with Gasteiger partial charge in [-0.3, -0.25) is 4.79 Å². The number of nitrogens with two attached hydrogens (primary N) is 1. The molecule has 0 aliphatic heterocycles. The van der Waals surface area contributed by atoms with E-state index in [1.165, 1.54) is 6.26 Å². The molecule has 0 radical (unpaired) electrons. The summed E-state index contributed by atoms with van der Waals surface area (Å²) in [4.78, 5) is 11.8. The van der Waals surface area contributed by atoms with Crippen molar-refractivity contribution in [1.29, 1.82) is 0 Å². The Hall–Kier alpha value is -2.75. The molecule has 0 amide bonds. The molecular formula is C19H21NO3. The Balaban J connectivity index is 1.90. The summed E-state index contributed by atoms with van der Waals surface area (Å²) in [6, 6.07) is 13.1. The third kappa shape index (κ3) is 5.18. The lowest BCUT2D eigenvalue weighted by Crippen LogP contribution is -2.08. The zero-order valence-corrected chi connectivity index (χ0v) is 13.4. The number of phenolic OH excluding ortho intramolecular Hbond substituents is 1. The zero-order chi connectivity index (χ0) is 16.8. The van der Waals surface area contributed by atoms with Crippen LogP contribution in [0.1, 0.15) is 22.3 Å². The average molecular weight is 311 g/mol. The maximum Gasteiger partial charge on any atom is 0.315 e. The second-order valence-electron chi connectivity index (χ2n) is 5.65. The number of hydrogen-bond donors (Lipinski definition) is 2. The highest BCUT2D eigenvalue weighted by Crippen LogP contribution is 2.20. The van der Waals surface area contributed by atoms with E-state index in [9.17, 15) is 9.90 Å². The SMILES string of the molecule is Cc1ccc(CC(=O)O/C=C(\N)Cc2ccc(C)cc2O)cc1. The van der Waals surface area contributed by atoms with E-state index in [2.05, 4.69) is 0 Å². The van der Waals surface area contributed by atoms with Crippen molar-refractivity contribution < 1.29 is 14.6 Å². The van der Waals surface area contributed by atoms with Crippen LogP contribution in [0.4, 0.5) is 0 Å². The van der Waals surface area contributed by atoms with E-state index in [-0.39, 0.29) is 18.1 Å². The first-order chi connectivity index (χ1) is 10.9. The van der Waals surface area contributed by atoms with E-state index >= 15 is 0 Å². The highest BCUT2D eigenvalue weighted by molar-refractivity contribution is 5.73. The largest absolute Gasteiger partial charge is 0.508 e. The standard InChI is InChI=1S/C19H21NO3/c1-13-3-6-15(7-4-13)10-19(22)23-12-17(20)11-16-8-5-14(2)9-18(16)21/h3-9,12,21H,10-11,20H2,1-2H3/b17-12-. The first kappa shape index (κ1) is 16.6. The van der Waals surface area contributed by atoms with Crippen molar-refractivity contribution in [2.24, 2.45) is 5.73 Å². The van der Waals surface area contributed by atoms with Crippen molar-refractivity contribution in [2.75, 3.05) is 0 Å². The quantitative estimate of drug-likeness (QED) is 0.657. The predicted molar refractivity (Wildman–Crippen MR) is 89.8 cm³/mol. The Kier molecular flexibility index (Phi) is 5.41. The molecule has 4 nitrogen and oxygen atoms in total. The van der Waals surface area contributed by atoms with Gasteiger partial charge in [0.05, 0.1) is 6.42 Å². The number of hydrogen-bond acceptors (Lipinski definition) is 4. The third-order valence-electron chi connectivity index (χ3n) is 3.45. The summed E-state index contributed by atoms with van der Waals surface area (Å²) in [5.41, 5.74) is 9.92. The first-order valence-corrected chi connectivity index (χ1v) is 7.42. The number of rotatable bonds is 5. The van der Waals surface area contributed by atoms with Gasteiger partial charge in [0, 0.05) is 12.1 Å². The van der Waals surface area contributed by atoms with E-state index in [4.69, 9.17) is 10.5 Å². The van der Waals surface area contributed by atoms with Gasteiger partial charge in [-0.15, -0.1) is 0 Å². The Morgan fingerprint density at radius 2 is 1.74 bits per heavy atom. The summed E-state index contributed by atoms with van der Waals surface area (Å²) in [5.74, 6) is -0.183. The van der Waals surface area contributed by atoms with Gasteiger partial charge in [0.1, 0.15) is 12.0 Å². The fourth-order valence-corrected chi connectivity index (χ4v) is 2.14. The van der Waals surface area contributed by atoms with Gasteiger partial charge in [-0.2, -0.15) is 0 Å². The van der Waals surface area contributed by atoms with Gasteiger partial charge in [-0.05, 0) is 36.6 Å². The van der Waals surface area contributed by atoms with E-state index in [1.807, 2.05) is 44.2 Å². The average Bonchev–Trinajstić information content (AvgIpc) is 2.50. The van der Waals surface area contributed by atoms with Crippen LogP contribution >= 0.6 is 0 Å². The summed E-state index contributed by atoms with van der Waals surface area (Å²) in [6.45, 7) is 3.89. The minimum atomic E-state index is -0.370. The fraction of sp³-hybridized carbons (Fsp3) is 0.211. The maximum atomic E-state index is 11.8. The van der Waals surface area contributed by atoms with Crippen LogP contribution in [0.2, 0.25) is 0 Å². The summed E-state index contributed by atoms with van der Waals surface area (Å²) in [6.07, 6.45) is 1.76. The predicted octanol–water partition coefficient (Wildman–Crippen LogP) is 3.14. The molecule has 0 unspecified atom stereocenters. The molecule has 0 heterocycles. The summed E-state index contributed by atoms with van der Waals surface area (Å²) in [5, 5.41) is 9.84. The molecule has 0 aliphatic carbocycles. The van der Waals surface area contributed by atoms with Crippen molar-refractivity contribution in [3.63, 3.8) is 0 Å². The molecule has 0 aromatic heterocycles. The van der Waals surface area contributed by atoms with Crippen LogP contribution < -0.4 is 5.73 Å². The van der Waals surface area contributed by atoms with Crippen LogP contribution in [0.25, 0.3) is 0 Å². The summed E-state index contributed by atoms with van der Waals surface area (Å²) < 4.78 is 5.07.